The van der Waals surface area contributed by atoms with Crippen molar-refractivity contribution in [3.05, 3.63) is 0 Å². The van der Waals surface area contributed by atoms with E-state index in [1.807, 2.05) is 0 Å². The van der Waals surface area contributed by atoms with E-state index in [0.29, 0.717) is 0 Å². The molecule has 0 heterocycles. The van der Waals surface area contributed by atoms with Crippen LogP contribution in [0.3, 0.4) is 0 Å². The molecule has 0 aromatic carbocycles. The van der Waals surface area contributed by atoms with Gasteiger partial charge < -0.3 is 18.1 Å². The molecule has 6 heteroatoms. The predicted octanol–water partition coefficient (Wildman–Crippen LogP) is -1.10. The van der Waals surface area contributed by atoms with E-state index < -0.39 is 18.2 Å². The van der Waals surface area contributed by atoms with E-state index in [4.69, 9.17) is 18.1 Å². The van der Waals surface area contributed by atoms with Gasteiger partial charge in [0.1, 0.15) is 0 Å². The van der Waals surface area contributed by atoms with E-state index in [0.717, 1.165) is 0 Å². The number of halogens is 2. The van der Waals surface area contributed by atoms with Gasteiger partial charge in [-0.3, -0.25) is 0 Å². The first-order valence-electron chi connectivity index (χ1n) is 0.535. The minimum absolute atomic E-state index is 0. The SMILES string of the molecule is [AlH3].[CaH2].[Cl][Mg][Cl].[Fe]. The third kappa shape index (κ3) is 25.4. The maximum Gasteiger partial charge on any atom is 0.618 e. The summed E-state index contributed by atoms with van der Waals surface area (Å²) in [6.45, 7) is 0. The Morgan fingerprint density at radius 1 is 1.17 bits per heavy atom. The molecule has 0 bridgehead atoms. The third-order valence-corrected chi connectivity index (χ3v) is 0. The molecule has 0 unspecified atom stereocenters. The van der Waals surface area contributed by atoms with Crippen molar-refractivity contribution in [3.8, 4) is 0 Å². The molecule has 0 radical (unpaired) electrons. The summed E-state index contributed by atoms with van der Waals surface area (Å²) in [6.07, 6.45) is 0. The molecule has 6 heavy (non-hydrogen) atoms. The molecule has 34 valence electrons. The van der Waals surface area contributed by atoms with Crippen molar-refractivity contribution in [3.63, 3.8) is 0 Å². The first kappa shape index (κ1) is 22.6. The maximum absolute atomic E-state index is 4.90. The Bertz CT molecular complexity index is 13.5. The summed E-state index contributed by atoms with van der Waals surface area (Å²) in [4.78, 5) is 0. The molecule has 0 aliphatic heterocycles. The van der Waals surface area contributed by atoms with Crippen LogP contribution in [-0.4, -0.2) is 73.3 Å². The van der Waals surface area contributed by atoms with E-state index in [1.54, 1.807) is 0 Å². The van der Waals surface area contributed by atoms with Crippen molar-refractivity contribution in [2.45, 2.75) is 0 Å². The average molecular weight is 223 g/mol. The molecule has 0 aromatic heterocycles. The fraction of sp³-hybridized carbons (Fsp3) is 0. The standard InChI is InChI=1S/Al.Ca.2ClH.Fe.Mg.5H/h;;2*1H;;;;;;;/q;;;;;+2;;;;;/p-2. The Kier molecular flexibility index (Phi) is 88.2. The normalized spacial score (nSPS) is 1.67. The fourth-order valence-corrected chi connectivity index (χ4v) is 0. The first-order valence-corrected chi connectivity index (χ1v) is 4.81. The maximum atomic E-state index is 4.90. The van der Waals surface area contributed by atoms with Crippen LogP contribution in [0.15, 0.2) is 0 Å². The summed E-state index contributed by atoms with van der Waals surface area (Å²) in [5.41, 5.74) is 0. The second kappa shape index (κ2) is 23.4. The van der Waals surface area contributed by atoms with Gasteiger partial charge in [-0.25, -0.2) is 0 Å². The minimum atomic E-state index is -0.639. The minimum Gasteiger partial charge on any atom is -0.309 e. The smallest absolute Gasteiger partial charge is 0.309 e. The number of hydrogen-bond donors (Lipinski definition) is 0. The second-order valence-corrected chi connectivity index (χ2v) is 2.73. The van der Waals surface area contributed by atoms with Crippen molar-refractivity contribution in [1.29, 1.82) is 0 Å². The Labute approximate surface area is 106 Å². The van der Waals surface area contributed by atoms with Gasteiger partial charge in [0, 0.05) is 17.1 Å². The summed E-state index contributed by atoms with van der Waals surface area (Å²) in [6, 6.07) is 0. The molecule has 0 nitrogen and oxygen atoms in total. The molecular formula is H5AlCaCl2FeMg. The molecule has 0 spiro atoms. The van der Waals surface area contributed by atoms with Gasteiger partial charge in [-0.15, -0.1) is 0 Å². The van der Waals surface area contributed by atoms with Gasteiger partial charge in [0.25, 0.3) is 0 Å². The number of rotatable bonds is 0. The van der Waals surface area contributed by atoms with Gasteiger partial charge >= 0.3 is 55.9 Å². The van der Waals surface area contributed by atoms with Crippen molar-refractivity contribution < 1.29 is 17.1 Å². The van der Waals surface area contributed by atoms with Crippen LogP contribution in [0, 0.1) is 0 Å². The second-order valence-electron chi connectivity index (χ2n) is 0.101. The molecule has 0 aromatic rings. The molecule has 0 rings (SSSR count). The van der Waals surface area contributed by atoms with E-state index in [2.05, 4.69) is 0 Å². The zero-order valence-electron chi connectivity index (χ0n) is 1.82. The van der Waals surface area contributed by atoms with E-state index in [9.17, 15) is 0 Å². The molecule has 0 aliphatic carbocycles. The van der Waals surface area contributed by atoms with Crippen LogP contribution in [0.4, 0.5) is 0 Å². The van der Waals surface area contributed by atoms with E-state index in [1.165, 1.54) is 0 Å². The Balaban J connectivity index is -0.00000000667. The predicted molar refractivity (Wildman–Crippen MR) is 35.9 cm³/mol. The van der Waals surface area contributed by atoms with Gasteiger partial charge in [0.15, 0.2) is 17.4 Å². The van der Waals surface area contributed by atoms with Crippen molar-refractivity contribution >= 4 is 91.4 Å². The van der Waals surface area contributed by atoms with Crippen LogP contribution in [0.2, 0.25) is 0 Å². The van der Waals surface area contributed by atoms with E-state index >= 15 is 0 Å². The zero-order valence-corrected chi connectivity index (χ0v) is 5.85. The number of hydrogen-bond acceptors (Lipinski definition) is 0. The summed E-state index contributed by atoms with van der Waals surface area (Å²) in [5.74, 6) is 0. The van der Waals surface area contributed by atoms with Crippen LogP contribution < -0.4 is 0 Å². The van der Waals surface area contributed by atoms with Crippen LogP contribution >= 0.6 is 18.1 Å². The van der Waals surface area contributed by atoms with Crippen LogP contribution in [0.1, 0.15) is 0 Å². The van der Waals surface area contributed by atoms with Gasteiger partial charge in [-0.05, 0) is 0 Å². The molecule has 0 atom stereocenters. The fourth-order valence-electron chi connectivity index (χ4n) is 0. The molecule has 0 amide bonds. The molecule has 0 saturated heterocycles. The Hall–Kier alpha value is 3.66. The third-order valence-electron chi connectivity index (χ3n) is 0. The van der Waals surface area contributed by atoms with Gasteiger partial charge in [0.05, 0.1) is 0 Å². The van der Waals surface area contributed by atoms with E-state index in [-0.39, 0.29) is 72.2 Å². The average Bonchev–Trinajstić information content (AvgIpc) is 0.918. The van der Waals surface area contributed by atoms with Crippen LogP contribution in [-0.2, 0) is 17.1 Å². The molecule has 0 N–H and O–H groups in total. The van der Waals surface area contributed by atoms with Crippen molar-refractivity contribution in [1.82, 2.24) is 0 Å². The largest absolute Gasteiger partial charge is 0.618 e. The Morgan fingerprint density at radius 3 is 1.17 bits per heavy atom. The first-order chi connectivity index (χ1) is 1.41. The van der Waals surface area contributed by atoms with Gasteiger partial charge in [0.2, 0.25) is 0 Å². The molecule has 0 aliphatic rings. The molecular weight excluding hydrogens is 218 g/mol. The molecule has 0 saturated carbocycles. The van der Waals surface area contributed by atoms with Crippen LogP contribution in [0.5, 0.6) is 0 Å². The van der Waals surface area contributed by atoms with Crippen molar-refractivity contribution in [2.24, 2.45) is 0 Å². The summed E-state index contributed by atoms with van der Waals surface area (Å²) in [5, 5.41) is 0. The van der Waals surface area contributed by atoms with Crippen molar-refractivity contribution in [2.75, 3.05) is 0 Å². The summed E-state index contributed by atoms with van der Waals surface area (Å²) < 4.78 is 0. The molecule has 0 fully saturated rings. The quantitative estimate of drug-likeness (QED) is 0.457. The van der Waals surface area contributed by atoms with Gasteiger partial charge in [-0.1, -0.05) is 0 Å². The van der Waals surface area contributed by atoms with Gasteiger partial charge in [-0.2, -0.15) is 0 Å². The monoisotopic (exact) mass is 222 g/mol. The van der Waals surface area contributed by atoms with Crippen LogP contribution in [0.25, 0.3) is 0 Å². The topological polar surface area (TPSA) is 0 Å². The summed E-state index contributed by atoms with van der Waals surface area (Å²) >= 11 is -0.639. The Morgan fingerprint density at radius 2 is 1.17 bits per heavy atom. The summed E-state index contributed by atoms with van der Waals surface area (Å²) in [7, 11) is 9.81. The zero-order chi connectivity index (χ0) is 2.71.